The Bertz CT molecular complexity index is 470. The van der Waals surface area contributed by atoms with Crippen molar-refractivity contribution < 1.29 is 9.18 Å². The number of benzene rings is 1. The minimum absolute atomic E-state index is 0.0287. The van der Waals surface area contributed by atoms with E-state index in [2.05, 4.69) is 17.1 Å². The number of hydrogen-bond acceptors (Lipinski definition) is 3. The fourth-order valence-corrected chi connectivity index (χ4v) is 2.60. The van der Waals surface area contributed by atoms with E-state index in [1.807, 2.05) is 0 Å². The highest BCUT2D eigenvalue weighted by Gasteiger charge is 2.21. The summed E-state index contributed by atoms with van der Waals surface area (Å²) in [5.41, 5.74) is 6.02. The fraction of sp³-hybridized carbons (Fsp3) is 0.533. The van der Waals surface area contributed by atoms with Crippen molar-refractivity contribution in [2.24, 2.45) is 0 Å². The topological polar surface area (TPSA) is 58.4 Å². The second kappa shape index (κ2) is 6.70. The van der Waals surface area contributed by atoms with Crippen molar-refractivity contribution in [3.8, 4) is 0 Å². The van der Waals surface area contributed by atoms with Crippen LogP contribution in [0.5, 0.6) is 0 Å². The van der Waals surface area contributed by atoms with Gasteiger partial charge in [0.05, 0.1) is 5.56 Å². The Morgan fingerprint density at radius 2 is 2.15 bits per heavy atom. The molecule has 0 atom stereocenters. The predicted molar refractivity (Wildman–Crippen MR) is 78.0 cm³/mol. The molecule has 0 radical (unpaired) electrons. The predicted octanol–water partition coefficient (Wildman–Crippen LogP) is 2.01. The third-order valence-electron chi connectivity index (χ3n) is 3.70. The first-order valence-corrected chi connectivity index (χ1v) is 7.18. The molecule has 20 heavy (non-hydrogen) atoms. The highest BCUT2D eigenvalue weighted by molar-refractivity contribution is 5.95. The molecule has 0 aliphatic carbocycles. The molecule has 1 aromatic carbocycles. The molecule has 1 fully saturated rings. The van der Waals surface area contributed by atoms with Gasteiger partial charge in [0.15, 0.2) is 0 Å². The van der Waals surface area contributed by atoms with Crippen LogP contribution in [0.15, 0.2) is 18.2 Å². The molecule has 1 saturated heterocycles. The van der Waals surface area contributed by atoms with Crippen LogP contribution in [0.1, 0.15) is 36.5 Å². The van der Waals surface area contributed by atoms with Crippen LogP contribution >= 0.6 is 0 Å². The molecular weight excluding hydrogens is 257 g/mol. The summed E-state index contributed by atoms with van der Waals surface area (Å²) in [6.45, 7) is 5.23. The number of carbonyl (C=O) groups is 1. The summed E-state index contributed by atoms with van der Waals surface area (Å²) in [6.07, 6.45) is 2.97. The van der Waals surface area contributed by atoms with Gasteiger partial charge in [-0.25, -0.2) is 4.39 Å². The number of piperidine rings is 1. The van der Waals surface area contributed by atoms with Gasteiger partial charge in [-0.1, -0.05) is 6.92 Å². The van der Waals surface area contributed by atoms with E-state index in [1.165, 1.54) is 18.2 Å². The summed E-state index contributed by atoms with van der Waals surface area (Å²) in [7, 11) is 0. The number of nitrogen functional groups attached to an aromatic ring is 1. The van der Waals surface area contributed by atoms with E-state index in [0.717, 1.165) is 38.9 Å². The number of anilines is 1. The quantitative estimate of drug-likeness (QED) is 0.829. The molecule has 5 heteroatoms. The van der Waals surface area contributed by atoms with Gasteiger partial charge in [-0.05, 0) is 44.0 Å². The van der Waals surface area contributed by atoms with Crippen molar-refractivity contribution in [3.63, 3.8) is 0 Å². The standard InChI is InChI=1S/C15H22FN3O/c1-2-7-19-8-5-12(6-9-19)18-15(20)13-10-11(17)3-4-14(13)16/h3-4,10,12H,2,5-9,17H2,1H3,(H,18,20). The minimum atomic E-state index is -0.528. The summed E-state index contributed by atoms with van der Waals surface area (Å²) < 4.78 is 13.6. The lowest BCUT2D eigenvalue weighted by molar-refractivity contribution is 0.0907. The first kappa shape index (κ1) is 14.8. The van der Waals surface area contributed by atoms with Crippen molar-refractivity contribution in [2.45, 2.75) is 32.2 Å². The molecule has 1 aliphatic heterocycles. The van der Waals surface area contributed by atoms with E-state index in [4.69, 9.17) is 5.73 Å². The third kappa shape index (κ3) is 3.70. The third-order valence-corrected chi connectivity index (χ3v) is 3.70. The number of nitrogens with two attached hydrogens (primary N) is 1. The van der Waals surface area contributed by atoms with Crippen molar-refractivity contribution >= 4 is 11.6 Å². The molecule has 1 heterocycles. The van der Waals surface area contributed by atoms with Gasteiger partial charge in [0, 0.05) is 24.8 Å². The van der Waals surface area contributed by atoms with Crippen LogP contribution in [-0.2, 0) is 0 Å². The number of nitrogens with zero attached hydrogens (tertiary/aromatic N) is 1. The lowest BCUT2D eigenvalue weighted by Crippen LogP contribution is -2.44. The largest absolute Gasteiger partial charge is 0.399 e. The zero-order valence-corrected chi connectivity index (χ0v) is 11.9. The Kier molecular flexibility index (Phi) is 4.95. The Morgan fingerprint density at radius 1 is 1.45 bits per heavy atom. The Balaban J connectivity index is 1.91. The maximum Gasteiger partial charge on any atom is 0.254 e. The van der Waals surface area contributed by atoms with Gasteiger partial charge in [0.25, 0.3) is 5.91 Å². The van der Waals surface area contributed by atoms with Crippen LogP contribution in [0.25, 0.3) is 0 Å². The molecule has 4 nitrogen and oxygen atoms in total. The molecule has 0 aromatic heterocycles. The van der Waals surface area contributed by atoms with E-state index >= 15 is 0 Å². The molecule has 1 aromatic rings. The smallest absolute Gasteiger partial charge is 0.254 e. The number of nitrogens with one attached hydrogen (secondary N) is 1. The number of amides is 1. The van der Waals surface area contributed by atoms with Crippen LogP contribution in [0.2, 0.25) is 0 Å². The highest BCUT2D eigenvalue weighted by atomic mass is 19.1. The minimum Gasteiger partial charge on any atom is -0.399 e. The number of likely N-dealkylation sites (tertiary alicyclic amines) is 1. The van der Waals surface area contributed by atoms with Gasteiger partial charge in [-0.2, -0.15) is 0 Å². The van der Waals surface area contributed by atoms with E-state index in [0.29, 0.717) is 5.69 Å². The molecular formula is C15H22FN3O. The number of rotatable bonds is 4. The first-order valence-electron chi connectivity index (χ1n) is 7.18. The van der Waals surface area contributed by atoms with E-state index in [1.54, 1.807) is 0 Å². The van der Waals surface area contributed by atoms with Crippen molar-refractivity contribution in [2.75, 3.05) is 25.4 Å². The second-order valence-corrected chi connectivity index (χ2v) is 5.33. The Labute approximate surface area is 119 Å². The highest BCUT2D eigenvalue weighted by Crippen LogP contribution is 2.15. The molecule has 2 rings (SSSR count). The van der Waals surface area contributed by atoms with Crippen molar-refractivity contribution in [1.29, 1.82) is 0 Å². The van der Waals surface area contributed by atoms with Gasteiger partial charge >= 0.3 is 0 Å². The van der Waals surface area contributed by atoms with Gasteiger partial charge in [-0.15, -0.1) is 0 Å². The van der Waals surface area contributed by atoms with Crippen molar-refractivity contribution in [1.82, 2.24) is 10.2 Å². The molecule has 110 valence electrons. The van der Waals surface area contributed by atoms with Gasteiger partial charge in [-0.3, -0.25) is 4.79 Å². The Hall–Kier alpha value is -1.62. The van der Waals surface area contributed by atoms with E-state index < -0.39 is 5.82 Å². The lowest BCUT2D eigenvalue weighted by atomic mass is 10.0. The fourth-order valence-electron chi connectivity index (χ4n) is 2.60. The summed E-state index contributed by atoms with van der Waals surface area (Å²) in [5, 5.41) is 2.90. The van der Waals surface area contributed by atoms with Gasteiger partial charge in [0.1, 0.15) is 5.82 Å². The molecule has 1 amide bonds. The maximum atomic E-state index is 13.6. The monoisotopic (exact) mass is 279 g/mol. The number of hydrogen-bond donors (Lipinski definition) is 2. The maximum absolute atomic E-state index is 13.6. The molecule has 0 bridgehead atoms. The Morgan fingerprint density at radius 3 is 2.80 bits per heavy atom. The molecule has 3 N–H and O–H groups in total. The van der Waals surface area contributed by atoms with E-state index in [-0.39, 0.29) is 17.5 Å². The molecule has 0 unspecified atom stereocenters. The summed E-state index contributed by atoms with van der Waals surface area (Å²) in [4.78, 5) is 14.5. The van der Waals surface area contributed by atoms with Crippen LogP contribution in [-0.4, -0.2) is 36.5 Å². The van der Waals surface area contributed by atoms with Crippen LogP contribution < -0.4 is 11.1 Å². The van der Waals surface area contributed by atoms with E-state index in [9.17, 15) is 9.18 Å². The van der Waals surface area contributed by atoms with Gasteiger partial charge in [0.2, 0.25) is 0 Å². The zero-order valence-electron chi connectivity index (χ0n) is 11.9. The normalized spacial score (nSPS) is 17.1. The van der Waals surface area contributed by atoms with Gasteiger partial charge < -0.3 is 16.0 Å². The zero-order chi connectivity index (χ0) is 14.5. The lowest BCUT2D eigenvalue weighted by Gasteiger charge is -2.32. The summed E-state index contributed by atoms with van der Waals surface area (Å²) in [6, 6.07) is 4.19. The first-order chi connectivity index (χ1) is 9.60. The average Bonchev–Trinajstić information content (AvgIpc) is 2.44. The number of halogens is 1. The SMILES string of the molecule is CCCN1CCC(NC(=O)c2cc(N)ccc2F)CC1. The van der Waals surface area contributed by atoms with Crippen molar-refractivity contribution in [3.05, 3.63) is 29.6 Å². The van der Waals surface area contributed by atoms with Crippen LogP contribution in [0, 0.1) is 5.82 Å². The van der Waals surface area contributed by atoms with Crippen LogP contribution in [0.4, 0.5) is 10.1 Å². The number of carbonyl (C=O) groups excluding carboxylic acids is 1. The van der Waals surface area contributed by atoms with Crippen LogP contribution in [0.3, 0.4) is 0 Å². The molecule has 0 saturated carbocycles. The summed E-state index contributed by atoms with van der Waals surface area (Å²) >= 11 is 0. The average molecular weight is 279 g/mol. The summed E-state index contributed by atoms with van der Waals surface area (Å²) in [5.74, 6) is -0.899. The second-order valence-electron chi connectivity index (χ2n) is 5.33. The molecule has 1 aliphatic rings. The molecule has 0 spiro atoms.